The molecule has 2 N–H and O–H groups in total. The molecular weight excluding hydrogens is 150 g/mol. The summed E-state index contributed by atoms with van der Waals surface area (Å²) in [5, 5.41) is 0. The minimum Gasteiger partial charge on any atom is -0.496 e. The Morgan fingerprint density at radius 1 is 1.42 bits per heavy atom. The van der Waals surface area contributed by atoms with Crippen molar-refractivity contribution >= 4 is 6.08 Å². The standard InChI is InChI=1S/C10H13NO/c1-12-10-7-3-2-5-9(10)6-4-8-11/h2-7H,8,11H2,1H3. The lowest BCUT2D eigenvalue weighted by atomic mass is 10.2. The highest BCUT2D eigenvalue weighted by Crippen LogP contribution is 2.18. The molecule has 0 bridgehead atoms. The molecule has 0 saturated carbocycles. The zero-order valence-corrected chi connectivity index (χ0v) is 7.16. The summed E-state index contributed by atoms with van der Waals surface area (Å²) in [5.41, 5.74) is 6.40. The Labute approximate surface area is 72.7 Å². The molecule has 0 atom stereocenters. The molecule has 0 aliphatic carbocycles. The Morgan fingerprint density at radius 2 is 2.17 bits per heavy atom. The molecule has 0 aromatic heterocycles. The number of hydrogen-bond acceptors (Lipinski definition) is 2. The van der Waals surface area contributed by atoms with E-state index in [0.717, 1.165) is 11.3 Å². The van der Waals surface area contributed by atoms with Crippen LogP contribution in [0.3, 0.4) is 0 Å². The molecule has 0 spiro atoms. The molecule has 0 fully saturated rings. The van der Waals surface area contributed by atoms with Gasteiger partial charge in [-0.1, -0.05) is 30.4 Å². The summed E-state index contributed by atoms with van der Waals surface area (Å²) >= 11 is 0. The van der Waals surface area contributed by atoms with Crippen LogP contribution in [0.4, 0.5) is 0 Å². The van der Waals surface area contributed by atoms with E-state index in [4.69, 9.17) is 10.5 Å². The maximum atomic E-state index is 5.34. The van der Waals surface area contributed by atoms with Crippen molar-refractivity contribution in [3.8, 4) is 5.75 Å². The summed E-state index contributed by atoms with van der Waals surface area (Å²) < 4.78 is 5.15. The molecule has 12 heavy (non-hydrogen) atoms. The van der Waals surface area contributed by atoms with Gasteiger partial charge < -0.3 is 10.5 Å². The smallest absolute Gasteiger partial charge is 0.126 e. The van der Waals surface area contributed by atoms with E-state index in [1.807, 2.05) is 36.4 Å². The zero-order valence-electron chi connectivity index (χ0n) is 7.16. The van der Waals surface area contributed by atoms with E-state index in [1.54, 1.807) is 7.11 Å². The molecule has 2 heteroatoms. The lowest BCUT2D eigenvalue weighted by Crippen LogP contribution is -1.92. The second-order valence-corrected chi connectivity index (χ2v) is 2.38. The number of ether oxygens (including phenoxy) is 1. The van der Waals surface area contributed by atoms with Crippen molar-refractivity contribution in [1.29, 1.82) is 0 Å². The highest BCUT2D eigenvalue weighted by Gasteiger charge is 1.94. The van der Waals surface area contributed by atoms with Crippen LogP contribution in [-0.4, -0.2) is 13.7 Å². The normalized spacial score (nSPS) is 10.5. The van der Waals surface area contributed by atoms with Gasteiger partial charge in [-0.25, -0.2) is 0 Å². The fraction of sp³-hybridized carbons (Fsp3) is 0.200. The molecule has 1 rings (SSSR count). The van der Waals surface area contributed by atoms with Crippen LogP contribution in [0.25, 0.3) is 6.08 Å². The van der Waals surface area contributed by atoms with Crippen molar-refractivity contribution < 1.29 is 4.74 Å². The molecular formula is C10H13NO. The van der Waals surface area contributed by atoms with Crippen LogP contribution in [-0.2, 0) is 0 Å². The molecule has 0 amide bonds. The second-order valence-electron chi connectivity index (χ2n) is 2.38. The van der Waals surface area contributed by atoms with Crippen LogP contribution >= 0.6 is 0 Å². The van der Waals surface area contributed by atoms with Crippen molar-refractivity contribution in [2.75, 3.05) is 13.7 Å². The topological polar surface area (TPSA) is 35.2 Å². The Kier molecular flexibility index (Phi) is 3.35. The Morgan fingerprint density at radius 3 is 2.83 bits per heavy atom. The maximum absolute atomic E-state index is 5.34. The van der Waals surface area contributed by atoms with Crippen molar-refractivity contribution in [1.82, 2.24) is 0 Å². The van der Waals surface area contributed by atoms with Gasteiger partial charge in [0.1, 0.15) is 5.75 Å². The van der Waals surface area contributed by atoms with Gasteiger partial charge in [0.05, 0.1) is 7.11 Å². The largest absolute Gasteiger partial charge is 0.496 e. The van der Waals surface area contributed by atoms with E-state index in [-0.39, 0.29) is 0 Å². The van der Waals surface area contributed by atoms with Crippen molar-refractivity contribution in [2.45, 2.75) is 0 Å². The van der Waals surface area contributed by atoms with Gasteiger partial charge in [0.25, 0.3) is 0 Å². The Bertz CT molecular complexity index is 268. The maximum Gasteiger partial charge on any atom is 0.126 e. The molecule has 0 heterocycles. The Hall–Kier alpha value is -1.28. The number of methoxy groups -OCH3 is 1. The number of benzene rings is 1. The highest BCUT2D eigenvalue weighted by molar-refractivity contribution is 5.57. The summed E-state index contributed by atoms with van der Waals surface area (Å²) in [6.07, 6.45) is 3.86. The zero-order chi connectivity index (χ0) is 8.81. The van der Waals surface area contributed by atoms with E-state index in [1.165, 1.54) is 0 Å². The SMILES string of the molecule is COc1ccccc1C=CCN. The van der Waals surface area contributed by atoms with Gasteiger partial charge in [-0.15, -0.1) is 0 Å². The lowest BCUT2D eigenvalue weighted by Gasteiger charge is -2.02. The van der Waals surface area contributed by atoms with Gasteiger partial charge in [0.15, 0.2) is 0 Å². The van der Waals surface area contributed by atoms with Gasteiger partial charge in [0.2, 0.25) is 0 Å². The van der Waals surface area contributed by atoms with Gasteiger partial charge in [-0.05, 0) is 6.07 Å². The van der Waals surface area contributed by atoms with Crippen LogP contribution in [0.1, 0.15) is 5.56 Å². The number of rotatable bonds is 3. The highest BCUT2D eigenvalue weighted by atomic mass is 16.5. The van der Waals surface area contributed by atoms with E-state index in [2.05, 4.69) is 0 Å². The summed E-state index contributed by atoms with van der Waals surface area (Å²) in [5.74, 6) is 0.877. The van der Waals surface area contributed by atoms with E-state index in [9.17, 15) is 0 Å². The molecule has 2 nitrogen and oxygen atoms in total. The first-order chi connectivity index (χ1) is 5.88. The minimum atomic E-state index is 0.554. The molecule has 1 aromatic rings. The second kappa shape index (κ2) is 4.57. The van der Waals surface area contributed by atoms with Crippen LogP contribution in [0.5, 0.6) is 5.75 Å². The number of para-hydroxylation sites is 1. The molecule has 1 aromatic carbocycles. The third-order valence-corrected chi connectivity index (χ3v) is 1.57. The van der Waals surface area contributed by atoms with Crippen LogP contribution in [0.2, 0.25) is 0 Å². The third kappa shape index (κ3) is 2.10. The predicted octanol–water partition coefficient (Wildman–Crippen LogP) is 1.67. The summed E-state index contributed by atoms with van der Waals surface area (Å²) in [6, 6.07) is 7.83. The van der Waals surface area contributed by atoms with Crippen molar-refractivity contribution in [2.24, 2.45) is 5.73 Å². The molecule has 0 radical (unpaired) electrons. The lowest BCUT2D eigenvalue weighted by molar-refractivity contribution is 0.414. The minimum absolute atomic E-state index is 0.554. The van der Waals surface area contributed by atoms with Gasteiger partial charge >= 0.3 is 0 Å². The van der Waals surface area contributed by atoms with E-state index < -0.39 is 0 Å². The fourth-order valence-electron chi connectivity index (χ4n) is 0.999. The number of hydrogen-bond donors (Lipinski definition) is 1. The molecule has 0 saturated heterocycles. The van der Waals surface area contributed by atoms with E-state index >= 15 is 0 Å². The monoisotopic (exact) mass is 163 g/mol. The quantitative estimate of drug-likeness (QED) is 0.735. The van der Waals surface area contributed by atoms with Crippen molar-refractivity contribution in [3.05, 3.63) is 35.9 Å². The van der Waals surface area contributed by atoms with Crippen LogP contribution < -0.4 is 10.5 Å². The fourth-order valence-corrected chi connectivity index (χ4v) is 0.999. The number of nitrogens with two attached hydrogens (primary N) is 1. The average Bonchev–Trinajstić information content (AvgIpc) is 2.15. The first-order valence-corrected chi connectivity index (χ1v) is 3.88. The van der Waals surface area contributed by atoms with Crippen molar-refractivity contribution in [3.63, 3.8) is 0 Å². The average molecular weight is 163 g/mol. The summed E-state index contributed by atoms with van der Waals surface area (Å²) in [7, 11) is 1.66. The van der Waals surface area contributed by atoms with Gasteiger partial charge in [-0.3, -0.25) is 0 Å². The third-order valence-electron chi connectivity index (χ3n) is 1.57. The summed E-state index contributed by atoms with van der Waals surface area (Å²) in [4.78, 5) is 0. The first kappa shape index (κ1) is 8.81. The molecule has 0 aliphatic heterocycles. The van der Waals surface area contributed by atoms with Crippen LogP contribution in [0.15, 0.2) is 30.3 Å². The molecule has 64 valence electrons. The summed E-state index contributed by atoms with van der Waals surface area (Å²) in [6.45, 7) is 0.554. The first-order valence-electron chi connectivity index (χ1n) is 3.88. The van der Waals surface area contributed by atoms with E-state index in [0.29, 0.717) is 6.54 Å². The van der Waals surface area contributed by atoms with Crippen LogP contribution in [0, 0.1) is 0 Å². The molecule has 0 aliphatic rings. The Balaban J connectivity index is 2.89. The van der Waals surface area contributed by atoms with Gasteiger partial charge in [0, 0.05) is 12.1 Å². The molecule has 0 unspecified atom stereocenters. The predicted molar refractivity (Wildman–Crippen MR) is 51.1 cm³/mol. The van der Waals surface area contributed by atoms with Gasteiger partial charge in [-0.2, -0.15) is 0 Å².